The molecule has 3 aromatic rings. The van der Waals surface area contributed by atoms with E-state index in [1.165, 1.54) is 34.2 Å². The molecule has 13 heteroatoms. The Hall–Kier alpha value is -1.99. The van der Waals surface area contributed by atoms with Crippen LogP contribution < -0.4 is 4.90 Å². The summed E-state index contributed by atoms with van der Waals surface area (Å²) < 4.78 is 41.9. The van der Waals surface area contributed by atoms with Crippen molar-refractivity contribution in [3.63, 3.8) is 0 Å². The second kappa shape index (κ2) is 11.6. The van der Waals surface area contributed by atoms with Crippen LogP contribution in [-0.4, -0.2) is 68.7 Å². The molecule has 1 aliphatic heterocycles. The van der Waals surface area contributed by atoms with Crippen molar-refractivity contribution in [2.45, 2.75) is 23.9 Å². The maximum absolute atomic E-state index is 14.2. The number of nitrogens with zero attached hydrogens (tertiary/aromatic N) is 4. The fourth-order valence-electron chi connectivity index (χ4n) is 4.48. The zero-order valence-corrected chi connectivity index (χ0v) is 24.9. The van der Waals surface area contributed by atoms with Gasteiger partial charge >= 0.3 is 0 Å². The van der Waals surface area contributed by atoms with Crippen molar-refractivity contribution in [3.05, 3.63) is 68.7 Å². The molecule has 1 aromatic heterocycles. The van der Waals surface area contributed by atoms with Crippen LogP contribution >= 0.6 is 39.1 Å². The molecule has 1 aliphatic rings. The van der Waals surface area contributed by atoms with E-state index in [1.807, 2.05) is 24.3 Å². The normalized spacial score (nSPS) is 17.4. The van der Waals surface area contributed by atoms with Crippen molar-refractivity contribution >= 4 is 66.7 Å². The summed E-state index contributed by atoms with van der Waals surface area (Å²) in [6.45, 7) is 2.29. The number of hydrogen-bond acceptors (Lipinski definition) is 6. The quantitative estimate of drug-likeness (QED) is 0.295. The average molecular weight is 646 g/mol. The van der Waals surface area contributed by atoms with Gasteiger partial charge in [-0.3, -0.25) is 9.36 Å². The number of hydrogen-bond donors (Lipinski definition) is 0. The van der Waals surface area contributed by atoms with Crippen molar-refractivity contribution in [3.8, 4) is 0 Å². The molecule has 1 unspecified atom stereocenters. The third-order valence-electron chi connectivity index (χ3n) is 6.33. The molecule has 0 N–H and O–H groups in total. The summed E-state index contributed by atoms with van der Waals surface area (Å²) in [5.74, 6) is -0.205. The third kappa shape index (κ3) is 5.51. The van der Waals surface area contributed by atoms with Gasteiger partial charge in [0.15, 0.2) is 5.03 Å². The summed E-state index contributed by atoms with van der Waals surface area (Å²) in [7, 11) is -1.11. The number of benzene rings is 2. The van der Waals surface area contributed by atoms with Gasteiger partial charge < -0.3 is 9.47 Å². The van der Waals surface area contributed by atoms with Crippen molar-refractivity contribution in [2.75, 3.05) is 45.4 Å². The fourth-order valence-corrected chi connectivity index (χ4v) is 6.86. The topological polar surface area (TPSA) is 94.0 Å². The van der Waals surface area contributed by atoms with Crippen LogP contribution in [0.4, 0.5) is 11.6 Å². The number of carbonyl (C=O) groups is 1. The number of halogens is 3. The lowest BCUT2D eigenvalue weighted by molar-refractivity contribution is -0.124. The van der Waals surface area contributed by atoms with Gasteiger partial charge in [-0.2, -0.15) is 4.31 Å². The van der Waals surface area contributed by atoms with Crippen LogP contribution in [0.5, 0.6) is 0 Å². The highest BCUT2D eigenvalue weighted by Crippen LogP contribution is 2.44. The lowest BCUT2D eigenvalue weighted by atomic mass is 9.92. The second-order valence-corrected chi connectivity index (χ2v) is 12.6. The molecule has 9 nitrogen and oxygen atoms in total. The number of ether oxygens (including phenoxy) is 2. The molecule has 2 aromatic carbocycles. The van der Waals surface area contributed by atoms with Gasteiger partial charge in [0.2, 0.25) is 5.95 Å². The summed E-state index contributed by atoms with van der Waals surface area (Å²) in [4.78, 5) is 20.0. The average Bonchev–Trinajstić information content (AvgIpc) is 3.38. The van der Waals surface area contributed by atoms with Crippen molar-refractivity contribution < 1.29 is 22.7 Å². The highest BCUT2D eigenvalue weighted by atomic mass is 79.9. The van der Waals surface area contributed by atoms with Gasteiger partial charge in [0.25, 0.3) is 15.9 Å². The number of anilines is 2. The number of aromatic nitrogens is 2. The first-order valence-corrected chi connectivity index (χ1v) is 14.6. The van der Waals surface area contributed by atoms with E-state index in [-0.39, 0.29) is 49.6 Å². The molecule has 0 bridgehead atoms. The summed E-state index contributed by atoms with van der Waals surface area (Å²) in [6, 6.07) is 12.2. The standard InChI is InChI=1S/C25H27BrCl2N4O5S/c1-25(15-17-4-6-18(26)7-5-17)23(33)31(21-13-19(27)12-20(28)14-21)24-29-16-22(32(24)25)38(34,35)30(8-10-36-2)9-11-37-3/h4-7,12-14,16H,8-11,15H2,1-3H3. The molecule has 0 saturated carbocycles. The Morgan fingerprint density at radius 1 is 1.03 bits per heavy atom. The minimum Gasteiger partial charge on any atom is -0.383 e. The van der Waals surface area contributed by atoms with Crippen LogP contribution in [0.15, 0.2) is 58.2 Å². The molecule has 0 spiro atoms. The molecule has 4 rings (SSSR count). The lowest BCUT2D eigenvalue weighted by Crippen LogP contribution is -2.44. The number of fused-ring (bicyclic) bond motifs is 1. The molecular weight excluding hydrogens is 619 g/mol. The number of rotatable bonds is 11. The minimum atomic E-state index is -4.11. The highest BCUT2D eigenvalue weighted by molar-refractivity contribution is 9.10. The minimum absolute atomic E-state index is 0.105. The van der Waals surface area contributed by atoms with E-state index in [2.05, 4.69) is 20.9 Å². The van der Waals surface area contributed by atoms with Crippen molar-refractivity contribution in [1.82, 2.24) is 13.9 Å². The molecule has 2 heterocycles. The van der Waals surface area contributed by atoms with Crippen LogP contribution in [0.25, 0.3) is 0 Å². The Labute approximate surface area is 240 Å². The van der Waals surface area contributed by atoms with Crippen molar-refractivity contribution in [1.29, 1.82) is 0 Å². The summed E-state index contributed by atoms with van der Waals surface area (Å²) in [6.07, 6.45) is 1.49. The summed E-state index contributed by atoms with van der Waals surface area (Å²) >= 11 is 15.9. The summed E-state index contributed by atoms with van der Waals surface area (Å²) in [5.41, 5.74) is -0.0995. The Balaban J connectivity index is 1.89. The van der Waals surface area contributed by atoms with Crippen LogP contribution in [0.3, 0.4) is 0 Å². The van der Waals surface area contributed by atoms with Crippen LogP contribution in [0, 0.1) is 0 Å². The third-order valence-corrected chi connectivity index (χ3v) is 9.16. The summed E-state index contributed by atoms with van der Waals surface area (Å²) in [5, 5.41) is 0.555. The van der Waals surface area contributed by atoms with Gasteiger partial charge in [0, 0.05) is 48.2 Å². The first-order chi connectivity index (χ1) is 18.0. The molecule has 0 saturated heterocycles. The number of carbonyl (C=O) groups excluding carboxylic acids is 1. The molecule has 204 valence electrons. The molecule has 0 aliphatic carbocycles. The van der Waals surface area contributed by atoms with E-state index in [0.717, 1.165) is 10.0 Å². The van der Waals surface area contributed by atoms with Gasteiger partial charge in [-0.15, -0.1) is 0 Å². The highest BCUT2D eigenvalue weighted by Gasteiger charge is 2.52. The number of imidazole rings is 1. The predicted octanol–water partition coefficient (Wildman–Crippen LogP) is 4.87. The molecule has 38 heavy (non-hydrogen) atoms. The fraction of sp³-hybridized carbons (Fsp3) is 0.360. The van der Waals surface area contributed by atoms with Gasteiger partial charge in [-0.1, -0.05) is 51.3 Å². The van der Waals surface area contributed by atoms with Gasteiger partial charge in [0.05, 0.1) is 25.1 Å². The van der Waals surface area contributed by atoms with Gasteiger partial charge in [0.1, 0.15) is 5.54 Å². The van der Waals surface area contributed by atoms with Gasteiger partial charge in [-0.05, 0) is 42.8 Å². The maximum Gasteiger partial charge on any atom is 0.260 e. The molecular formula is C25H27BrCl2N4O5S. The van der Waals surface area contributed by atoms with E-state index in [0.29, 0.717) is 15.7 Å². The maximum atomic E-state index is 14.2. The zero-order valence-electron chi connectivity index (χ0n) is 21.0. The predicted molar refractivity (Wildman–Crippen MR) is 150 cm³/mol. The Morgan fingerprint density at radius 2 is 1.61 bits per heavy atom. The second-order valence-electron chi connectivity index (χ2n) is 8.97. The molecule has 0 fully saturated rings. The van der Waals surface area contributed by atoms with Gasteiger partial charge in [-0.25, -0.2) is 18.3 Å². The Kier molecular flexibility index (Phi) is 8.88. The lowest BCUT2D eigenvalue weighted by Gasteiger charge is -2.28. The first kappa shape index (κ1) is 29.0. The number of methoxy groups -OCH3 is 2. The number of amides is 1. The Bertz CT molecular complexity index is 1410. The molecule has 1 amide bonds. The van der Waals surface area contributed by atoms with E-state index in [9.17, 15) is 13.2 Å². The SMILES string of the molecule is COCCN(CCOC)S(=O)(=O)c1cnc2n1C(C)(Cc1ccc(Br)cc1)C(=O)N2c1cc(Cl)cc(Cl)c1. The van der Waals surface area contributed by atoms with Crippen LogP contribution in [-0.2, 0) is 36.3 Å². The number of sulfonamides is 1. The van der Waals surface area contributed by atoms with Crippen molar-refractivity contribution in [2.24, 2.45) is 0 Å². The largest absolute Gasteiger partial charge is 0.383 e. The van der Waals surface area contributed by atoms with Crippen LogP contribution in [0.2, 0.25) is 10.0 Å². The van der Waals surface area contributed by atoms with E-state index < -0.39 is 15.6 Å². The smallest absolute Gasteiger partial charge is 0.260 e. The first-order valence-electron chi connectivity index (χ1n) is 11.6. The zero-order chi connectivity index (χ0) is 27.7. The van der Waals surface area contributed by atoms with Crippen LogP contribution in [0.1, 0.15) is 12.5 Å². The molecule has 1 atom stereocenters. The Morgan fingerprint density at radius 3 is 2.16 bits per heavy atom. The monoisotopic (exact) mass is 644 g/mol. The van der Waals surface area contributed by atoms with E-state index >= 15 is 0 Å². The van der Waals surface area contributed by atoms with E-state index in [1.54, 1.807) is 25.1 Å². The molecule has 0 radical (unpaired) electrons. The van der Waals surface area contributed by atoms with E-state index in [4.69, 9.17) is 32.7 Å².